The van der Waals surface area contributed by atoms with Crippen molar-refractivity contribution in [2.24, 2.45) is 0 Å². The van der Waals surface area contributed by atoms with Crippen LogP contribution >= 0.6 is 23.4 Å². The Bertz CT molecular complexity index is 428. The molecule has 1 aromatic rings. The first-order valence-electron chi connectivity index (χ1n) is 5.23. The van der Waals surface area contributed by atoms with Crippen molar-refractivity contribution in [3.05, 3.63) is 18.2 Å². The van der Waals surface area contributed by atoms with Gasteiger partial charge in [-0.2, -0.15) is 0 Å². The maximum Gasteiger partial charge on any atom is 0.234 e. The molecule has 2 rings (SSSR count). The maximum atomic E-state index is 11.2. The van der Waals surface area contributed by atoms with Gasteiger partial charge in [0.25, 0.3) is 0 Å². The SMILES string of the molecule is O=C1CSc2ccc(NCC(O)CCl)cc2N1. The highest BCUT2D eigenvalue weighted by atomic mass is 35.5. The molecule has 1 aromatic carbocycles. The van der Waals surface area contributed by atoms with E-state index in [-0.39, 0.29) is 11.8 Å². The summed E-state index contributed by atoms with van der Waals surface area (Å²) in [6, 6.07) is 5.74. The second-order valence-corrected chi connectivity index (χ2v) is 5.06. The van der Waals surface area contributed by atoms with Gasteiger partial charge in [0.1, 0.15) is 0 Å². The van der Waals surface area contributed by atoms with Crippen LogP contribution < -0.4 is 10.6 Å². The van der Waals surface area contributed by atoms with Crippen LogP contribution in [0.25, 0.3) is 0 Å². The molecule has 3 N–H and O–H groups in total. The molecule has 1 heterocycles. The summed E-state index contributed by atoms with van der Waals surface area (Å²) in [6.07, 6.45) is -0.573. The Balaban J connectivity index is 2.05. The molecule has 0 aliphatic carbocycles. The van der Waals surface area contributed by atoms with E-state index in [4.69, 9.17) is 11.6 Å². The molecule has 1 amide bonds. The summed E-state index contributed by atoms with van der Waals surface area (Å²) in [5.41, 5.74) is 1.67. The Hall–Kier alpha value is -0.910. The van der Waals surface area contributed by atoms with E-state index in [9.17, 15) is 9.90 Å². The zero-order valence-electron chi connectivity index (χ0n) is 9.07. The van der Waals surface area contributed by atoms with Gasteiger partial charge in [0.15, 0.2) is 0 Å². The summed E-state index contributed by atoms with van der Waals surface area (Å²) >= 11 is 7.03. The van der Waals surface area contributed by atoms with Crippen molar-refractivity contribution in [3.63, 3.8) is 0 Å². The van der Waals surface area contributed by atoms with E-state index < -0.39 is 6.10 Å². The summed E-state index contributed by atoms with van der Waals surface area (Å²) in [7, 11) is 0. The minimum absolute atomic E-state index is 0.0143. The van der Waals surface area contributed by atoms with Crippen molar-refractivity contribution in [3.8, 4) is 0 Å². The van der Waals surface area contributed by atoms with Gasteiger partial charge >= 0.3 is 0 Å². The highest BCUT2D eigenvalue weighted by Gasteiger charge is 2.15. The number of halogens is 1. The summed E-state index contributed by atoms with van der Waals surface area (Å²) in [5.74, 6) is 0.676. The molecule has 17 heavy (non-hydrogen) atoms. The molecule has 92 valence electrons. The lowest BCUT2D eigenvalue weighted by Gasteiger charge is -2.18. The smallest absolute Gasteiger partial charge is 0.234 e. The molecule has 0 saturated carbocycles. The van der Waals surface area contributed by atoms with Crippen LogP contribution in [-0.2, 0) is 4.79 Å². The van der Waals surface area contributed by atoms with Gasteiger partial charge in [0.05, 0.1) is 23.4 Å². The van der Waals surface area contributed by atoms with Gasteiger partial charge in [-0.15, -0.1) is 23.4 Å². The number of alkyl halides is 1. The fourth-order valence-corrected chi connectivity index (χ4v) is 2.38. The van der Waals surface area contributed by atoms with Crippen LogP contribution in [-0.4, -0.2) is 35.3 Å². The average molecular weight is 273 g/mol. The predicted octanol–water partition coefficient (Wildman–Crippen LogP) is 1.74. The molecular formula is C11H13ClN2O2S. The van der Waals surface area contributed by atoms with Crippen molar-refractivity contribution in [2.75, 3.05) is 28.8 Å². The number of aliphatic hydroxyl groups excluding tert-OH is 1. The minimum atomic E-state index is -0.573. The molecule has 1 aliphatic rings. The molecule has 0 fully saturated rings. The normalized spacial score (nSPS) is 16.0. The van der Waals surface area contributed by atoms with Gasteiger partial charge in [-0.3, -0.25) is 4.79 Å². The van der Waals surface area contributed by atoms with E-state index in [1.165, 1.54) is 11.8 Å². The van der Waals surface area contributed by atoms with Crippen molar-refractivity contribution in [1.82, 2.24) is 0 Å². The van der Waals surface area contributed by atoms with Crippen LogP contribution in [0.15, 0.2) is 23.1 Å². The lowest BCUT2D eigenvalue weighted by molar-refractivity contribution is -0.113. The fraction of sp³-hybridized carbons (Fsp3) is 0.364. The Morgan fingerprint density at radius 1 is 1.59 bits per heavy atom. The van der Waals surface area contributed by atoms with E-state index in [0.29, 0.717) is 12.3 Å². The van der Waals surface area contributed by atoms with E-state index in [0.717, 1.165) is 16.3 Å². The van der Waals surface area contributed by atoms with Crippen LogP contribution in [0.4, 0.5) is 11.4 Å². The first-order chi connectivity index (χ1) is 8.19. The third-order valence-electron chi connectivity index (χ3n) is 2.33. The summed E-state index contributed by atoms with van der Waals surface area (Å²) in [5, 5.41) is 15.2. The number of carbonyl (C=O) groups is 1. The highest BCUT2D eigenvalue weighted by molar-refractivity contribution is 8.00. The lowest BCUT2D eigenvalue weighted by atomic mass is 10.2. The van der Waals surface area contributed by atoms with Crippen molar-refractivity contribution < 1.29 is 9.90 Å². The van der Waals surface area contributed by atoms with Gasteiger partial charge < -0.3 is 15.7 Å². The number of anilines is 2. The van der Waals surface area contributed by atoms with Gasteiger partial charge in [-0.1, -0.05) is 0 Å². The number of fused-ring (bicyclic) bond motifs is 1. The number of nitrogens with one attached hydrogen (secondary N) is 2. The van der Waals surface area contributed by atoms with E-state index in [2.05, 4.69) is 10.6 Å². The quantitative estimate of drug-likeness (QED) is 0.731. The Labute approximate surface area is 109 Å². The molecule has 6 heteroatoms. The topological polar surface area (TPSA) is 61.4 Å². The molecule has 1 aliphatic heterocycles. The van der Waals surface area contributed by atoms with Gasteiger partial charge in [0, 0.05) is 17.1 Å². The maximum absolute atomic E-state index is 11.2. The first-order valence-corrected chi connectivity index (χ1v) is 6.75. The second kappa shape index (κ2) is 5.62. The third-order valence-corrected chi connectivity index (χ3v) is 3.76. The Kier molecular flexibility index (Phi) is 4.15. The van der Waals surface area contributed by atoms with Gasteiger partial charge in [-0.05, 0) is 18.2 Å². The predicted molar refractivity (Wildman–Crippen MR) is 71.0 cm³/mol. The third kappa shape index (κ3) is 3.28. The van der Waals surface area contributed by atoms with Crippen molar-refractivity contribution in [1.29, 1.82) is 0 Å². The monoisotopic (exact) mass is 272 g/mol. The van der Waals surface area contributed by atoms with Crippen LogP contribution in [0.5, 0.6) is 0 Å². The molecule has 0 saturated heterocycles. The standard InChI is InChI=1S/C11H13ClN2O2S/c12-4-8(15)5-13-7-1-2-10-9(3-7)14-11(16)6-17-10/h1-3,8,13,15H,4-6H2,(H,14,16). The number of aliphatic hydroxyl groups is 1. The van der Waals surface area contributed by atoms with Gasteiger partial charge in [-0.25, -0.2) is 0 Å². The van der Waals surface area contributed by atoms with Crippen LogP contribution in [0.2, 0.25) is 0 Å². The average Bonchev–Trinajstić information content (AvgIpc) is 2.35. The van der Waals surface area contributed by atoms with E-state index in [1.807, 2.05) is 18.2 Å². The van der Waals surface area contributed by atoms with Crippen molar-refractivity contribution >= 4 is 40.6 Å². The van der Waals surface area contributed by atoms with Crippen LogP contribution in [0, 0.1) is 0 Å². The fourth-order valence-electron chi connectivity index (χ4n) is 1.48. The number of thioether (sulfide) groups is 1. The highest BCUT2D eigenvalue weighted by Crippen LogP contribution is 2.33. The number of hydrogen-bond donors (Lipinski definition) is 3. The second-order valence-electron chi connectivity index (χ2n) is 3.74. The zero-order valence-corrected chi connectivity index (χ0v) is 10.6. The van der Waals surface area contributed by atoms with E-state index in [1.54, 1.807) is 0 Å². The summed E-state index contributed by atoms with van der Waals surface area (Å²) in [6.45, 7) is 0.392. The Morgan fingerprint density at radius 2 is 2.41 bits per heavy atom. The van der Waals surface area contributed by atoms with Crippen molar-refractivity contribution in [2.45, 2.75) is 11.0 Å². The van der Waals surface area contributed by atoms with Gasteiger partial charge in [0.2, 0.25) is 5.91 Å². The molecule has 0 radical (unpaired) electrons. The van der Waals surface area contributed by atoms with Crippen LogP contribution in [0.3, 0.4) is 0 Å². The van der Waals surface area contributed by atoms with E-state index >= 15 is 0 Å². The number of hydrogen-bond acceptors (Lipinski definition) is 4. The summed E-state index contributed by atoms with van der Waals surface area (Å²) < 4.78 is 0. The molecule has 1 atom stereocenters. The number of rotatable bonds is 4. The number of benzene rings is 1. The zero-order chi connectivity index (χ0) is 12.3. The Morgan fingerprint density at radius 3 is 3.18 bits per heavy atom. The lowest BCUT2D eigenvalue weighted by Crippen LogP contribution is -2.21. The molecular weight excluding hydrogens is 260 g/mol. The number of amides is 1. The molecule has 1 unspecified atom stereocenters. The molecule has 0 aromatic heterocycles. The first kappa shape index (κ1) is 12.5. The molecule has 0 bridgehead atoms. The number of carbonyl (C=O) groups excluding carboxylic acids is 1. The molecule has 0 spiro atoms. The summed E-state index contributed by atoms with van der Waals surface area (Å²) in [4.78, 5) is 12.3. The molecule has 4 nitrogen and oxygen atoms in total. The van der Waals surface area contributed by atoms with Crippen LogP contribution in [0.1, 0.15) is 0 Å². The largest absolute Gasteiger partial charge is 0.390 e. The minimum Gasteiger partial charge on any atom is -0.390 e.